The predicted octanol–water partition coefficient (Wildman–Crippen LogP) is -0.208. The molecule has 18 heavy (non-hydrogen) atoms. The fraction of sp³-hybridized carbons (Fsp3) is 0.800. The highest BCUT2D eigenvalue weighted by molar-refractivity contribution is 7.85. The van der Waals surface area contributed by atoms with Gasteiger partial charge in [-0.1, -0.05) is 19.3 Å². The number of nitrogens with zero attached hydrogens (tertiary/aromatic N) is 1. The molecule has 0 aromatic carbocycles. The molecule has 1 rings (SSSR count). The molecule has 1 aliphatic rings. The van der Waals surface area contributed by atoms with Crippen molar-refractivity contribution in [3.63, 3.8) is 0 Å². The first-order valence-electron chi connectivity index (χ1n) is 5.55. The van der Waals surface area contributed by atoms with Crippen molar-refractivity contribution in [3.8, 4) is 6.07 Å². The topological polar surface area (TPSA) is 133 Å². The van der Waals surface area contributed by atoms with Gasteiger partial charge in [-0.25, -0.2) is 0 Å². The van der Waals surface area contributed by atoms with Gasteiger partial charge in [0.25, 0.3) is 10.1 Å². The van der Waals surface area contributed by atoms with Crippen LogP contribution in [0.4, 0.5) is 0 Å². The molecule has 0 radical (unpaired) electrons. The fourth-order valence-corrected chi connectivity index (χ4v) is 1.71. The van der Waals surface area contributed by atoms with Crippen LogP contribution in [0.5, 0.6) is 0 Å². The third-order valence-corrected chi connectivity index (χ3v) is 2.53. The fourth-order valence-electron chi connectivity index (χ4n) is 1.71. The molecule has 1 fully saturated rings. The molecule has 4 N–H and O–H groups in total. The maximum Gasteiger partial charge on any atom is 0.261 e. The number of carbonyl (C=O) groups is 1. The van der Waals surface area contributed by atoms with Gasteiger partial charge in [0.05, 0.1) is 17.9 Å². The van der Waals surface area contributed by atoms with E-state index in [1.165, 1.54) is 0 Å². The standard InChI is InChI=1S/C9H15N3O.CH4O3S/c10-6-7-12-8(13)9(11)4-2-1-3-5-9;1-5(2,3)4/h1-5,7,11H2,(H,12,13);1H3,(H,2,3,4). The first-order valence-corrected chi connectivity index (χ1v) is 7.40. The monoisotopic (exact) mass is 277 g/mol. The molecule has 0 saturated heterocycles. The highest BCUT2D eigenvalue weighted by atomic mass is 32.2. The molecule has 0 atom stereocenters. The van der Waals surface area contributed by atoms with Crippen LogP contribution in [0.2, 0.25) is 0 Å². The molecule has 0 unspecified atom stereocenters. The third kappa shape index (κ3) is 8.00. The van der Waals surface area contributed by atoms with Gasteiger partial charge in [-0.05, 0) is 12.8 Å². The van der Waals surface area contributed by atoms with Crippen molar-refractivity contribution in [2.75, 3.05) is 12.8 Å². The molecule has 1 amide bonds. The van der Waals surface area contributed by atoms with Gasteiger partial charge < -0.3 is 11.1 Å². The smallest absolute Gasteiger partial charge is 0.261 e. The molecular weight excluding hydrogens is 258 g/mol. The van der Waals surface area contributed by atoms with Crippen LogP contribution < -0.4 is 11.1 Å². The molecule has 0 spiro atoms. The normalized spacial score (nSPS) is 17.9. The molecule has 0 aromatic heterocycles. The van der Waals surface area contributed by atoms with Crippen LogP contribution in [0.15, 0.2) is 0 Å². The minimum absolute atomic E-state index is 0.0534. The SMILES string of the molecule is CS(=O)(=O)O.N#CCNC(=O)C1(N)CCCCC1. The Morgan fingerprint density at radius 1 is 1.44 bits per heavy atom. The summed E-state index contributed by atoms with van der Waals surface area (Å²) in [6, 6.07) is 1.87. The van der Waals surface area contributed by atoms with Crippen LogP contribution >= 0.6 is 0 Å². The summed E-state index contributed by atoms with van der Waals surface area (Å²) in [7, 11) is -3.67. The second kappa shape index (κ2) is 7.31. The Bertz CT molecular complexity index is 399. The van der Waals surface area contributed by atoms with Crippen molar-refractivity contribution in [1.29, 1.82) is 5.26 Å². The molecule has 7 nitrogen and oxygen atoms in total. The maximum atomic E-state index is 11.5. The van der Waals surface area contributed by atoms with E-state index >= 15 is 0 Å². The van der Waals surface area contributed by atoms with Crippen LogP contribution in [0.3, 0.4) is 0 Å². The van der Waals surface area contributed by atoms with E-state index in [9.17, 15) is 13.2 Å². The summed E-state index contributed by atoms with van der Waals surface area (Å²) in [5.74, 6) is -0.172. The van der Waals surface area contributed by atoms with Gasteiger partial charge in [-0.2, -0.15) is 13.7 Å². The molecule has 1 aliphatic carbocycles. The minimum atomic E-state index is -3.67. The van der Waals surface area contributed by atoms with Gasteiger partial charge in [-0.15, -0.1) is 0 Å². The van der Waals surface area contributed by atoms with Gasteiger partial charge in [0.2, 0.25) is 5.91 Å². The summed E-state index contributed by atoms with van der Waals surface area (Å²) in [5.41, 5.74) is 5.21. The minimum Gasteiger partial charge on any atom is -0.341 e. The summed E-state index contributed by atoms with van der Waals surface area (Å²) >= 11 is 0. The molecule has 104 valence electrons. The van der Waals surface area contributed by atoms with E-state index in [1.54, 1.807) is 0 Å². The van der Waals surface area contributed by atoms with Crippen molar-refractivity contribution in [2.45, 2.75) is 37.6 Å². The van der Waals surface area contributed by atoms with Crippen molar-refractivity contribution in [1.82, 2.24) is 5.32 Å². The summed E-state index contributed by atoms with van der Waals surface area (Å²) in [6.45, 7) is 0.0534. The number of nitrogens with two attached hydrogens (primary N) is 1. The largest absolute Gasteiger partial charge is 0.341 e. The zero-order valence-electron chi connectivity index (χ0n) is 10.3. The molecule has 0 aromatic rings. The average Bonchev–Trinajstić information content (AvgIpc) is 2.24. The van der Waals surface area contributed by atoms with Gasteiger partial charge in [0, 0.05) is 0 Å². The van der Waals surface area contributed by atoms with E-state index < -0.39 is 15.7 Å². The molecule has 0 heterocycles. The Kier molecular flexibility index (Phi) is 6.83. The van der Waals surface area contributed by atoms with Crippen molar-refractivity contribution >= 4 is 16.0 Å². The number of carbonyl (C=O) groups excluding carboxylic acids is 1. The van der Waals surface area contributed by atoms with Gasteiger partial charge >= 0.3 is 0 Å². The molecule has 0 bridgehead atoms. The number of nitriles is 1. The van der Waals surface area contributed by atoms with Crippen molar-refractivity contribution < 1.29 is 17.8 Å². The van der Waals surface area contributed by atoms with Crippen molar-refractivity contribution in [3.05, 3.63) is 0 Å². The summed E-state index contributed by atoms with van der Waals surface area (Å²) in [5, 5.41) is 10.8. The average molecular weight is 277 g/mol. The lowest BCUT2D eigenvalue weighted by Crippen LogP contribution is -2.55. The van der Waals surface area contributed by atoms with Crippen LogP contribution in [0, 0.1) is 11.3 Å². The van der Waals surface area contributed by atoms with E-state index in [-0.39, 0.29) is 12.5 Å². The van der Waals surface area contributed by atoms with Crippen molar-refractivity contribution in [2.24, 2.45) is 5.73 Å². The second-order valence-corrected chi connectivity index (χ2v) is 5.76. The van der Waals surface area contributed by atoms with E-state index in [2.05, 4.69) is 5.32 Å². The number of amides is 1. The Morgan fingerprint density at radius 2 is 1.89 bits per heavy atom. The highest BCUT2D eigenvalue weighted by Crippen LogP contribution is 2.25. The van der Waals surface area contributed by atoms with Crippen LogP contribution in [-0.4, -0.2) is 37.2 Å². The van der Waals surface area contributed by atoms with Gasteiger partial charge in [0.1, 0.15) is 6.54 Å². The summed E-state index contributed by atoms with van der Waals surface area (Å²) in [4.78, 5) is 11.5. The number of hydrogen-bond donors (Lipinski definition) is 3. The van der Waals surface area contributed by atoms with E-state index in [4.69, 9.17) is 15.5 Å². The van der Waals surface area contributed by atoms with Crippen LogP contribution in [0.1, 0.15) is 32.1 Å². The summed E-state index contributed by atoms with van der Waals surface area (Å²) in [6.07, 6.45) is 5.37. The van der Waals surface area contributed by atoms with Gasteiger partial charge in [-0.3, -0.25) is 9.35 Å². The maximum absolute atomic E-state index is 11.5. The zero-order chi connectivity index (χ0) is 14.2. The lowest BCUT2D eigenvalue weighted by molar-refractivity contribution is -0.127. The number of rotatable bonds is 2. The second-order valence-electron chi connectivity index (χ2n) is 4.29. The van der Waals surface area contributed by atoms with Crippen LogP contribution in [-0.2, 0) is 14.9 Å². The number of hydrogen-bond acceptors (Lipinski definition) is 5. The lowest BCUT2D eigenvalue weighted by atomic mass is 9.82. The Labute approximate surface area is 107 Å². The van der Waals surface area contributed by atoms with E-state index in [1.807, 2.05) is 6.07 Å². The molecule has 1 saturated carbocycles. The molecular formula is C10H19N3O4S. The van der Waals surface area contributed by atoms with Crippen LogP contribution in [0.25, 0.3) is 0 Å². The first-order chi connectivity index (χ1) is 8.19. The quantitative estimate of drug-likeness (QED) is 0.472. The predicted molar refractivity (Wildman–Crippen MR) is 66.1 cm³/mol. The highest BCUT2D eigenvalue weighted by Gasteiger charge is 2.34. The Morgan fingerprint density at radius 3 is 2.28 bits per heavy atom. The molecule has 0 aliphatic heterocycles. The molecule has 8 heteroatoms. The zero-order valence-corrected chi connectivity index (χ0v) is 11.2. The first kappa shape index (κ1) is 16.8. The third-order valence-electron chi connectivity index (χ3n) is 2.53. The summed E-state index contributed by atoms with van der Waals surface area (Å²) < 4.78 is 25.9. The van der Waals surface area contributed by atoms with Gasteiger partial charge in [0.15, 0.2) is 0 Å². The lowest BCUT2D eigenvalue weighted by Gasteiger charge is -2.31. The van der Waals surface area contributed by atoms with E-state index in [0.717, 1.165) is 32.1 Å². The van der Waals surface area contributed by atoms with E-state index in [0.29, 0.717) is 6.26 Å². The Balaban J connectivity index is 0.000000494. The Hall–Kier alpha value is -1.17. The number of nitrogens with one attached hydrogen (secondary N) is 1.